The fraction of sp³-hybridized carbons (Fsp3) is 0.250. The lowest BCUT2D eigenvalue weighted by atomic mass is 9.92. The first kappa shape index (κ1) is 23.2. The molecule has 0 fully saturated rings. The van der Waals surface area contributed by atoms with Crippen LogP contribution in [0.4, 0.5) is 0 Å². The summed E-state index contributed by atoms with van der Waals surface area (Å²) in [6.07, 6.45) is 12.5. The van der Waals surface area contributed by atoms with Crippen LogP contribution in [0.2, 0.25) is 0 Å². The Morgan fingerprint density at radius 1 is 0.971 bits per heavy atom. The van der Waals surface area contributed by atoms with Crippen LogP contribution < -0.4 is 0 Å². The van der Waals surface area contributed by atoms with E-state index in [1.165, 1.54) is 11.8 Å². The van der Waals surface area contributed by atoms with Gasteiger partial charge >= 0.3 is 0 Å². The SMILES string of the molecule is Cn1cncc1CN1C[C@@H](Cc2ccccc2)N(S(C)(=O)=O)C=C2CC(c3ccccc3)=CC=C21. The molecular weight excluding hydrogens is 456 g/mol. The van der Waals surface area contributed by atoms with E-state index >= 15 is 0 Å². The van der Waals surface area contributed by atoms with E-state index in [4.69, 9.17) is 0 Å². The number of sulfonamides is 1. The topological polar surface area (TPSA) is 58.4 Å². The Hall–Kier alpha value is -3.58. The van der Waals surface area contributed by atoms with Gasteiger partial charge in [0, 0.05) is 38.1 Å². The van der Waals surface area contributed by atoms with Crippen molar-refractivity contribution in [3.63, 3.8) is 0 Å². The molecule has 7 heteroatoms. The van der Waals surface area contributed by atoms with Crippen LogP contribution in [0.3, 0.4) is 0 Å². The molecule has 6 nitrogen and oxygen atoms in total. The summed E-state index contributed by atoms with van der Waals surface area (Å²) in [7, 11) is -1.49. The average molecular weight is 487 g/mol. The molecule has 0 saturated carbocycles. The molecule has 0 radical (unpaired) electrons. The van der Waals surface area contributed by atoms with Crippen LogP contribution in [0.25, 0.3) is 5.57 Å². The van der Waals surface area contributed by atoms with Crippen LogP contribution in [0.15, 0.2) is 103 Å². The molecule has 0 bridgehead atoms. The number of imidazole rings is 1. The molecule has 0 spiro atoms. The third-order valence-corrected chi connectivity index (χ3v) is 7.85. The van der Waals surface area contributed by atoms with Gasteiger partial charge in [0.05, 0.1) is 30.9 Å². The van der Waals surface area contributed by atoms with Gasteiger partial charge in [0.25, 0.3) is 0 Å². The Morgan fingerprint density at radius 2 is 1.69 bits per heavy atom. The van der Waals surface area contributed by atoms with Gasteiger partial charge in [0.15, 0.2) is 0 Å². The Kier molecular flexibility index (Phi) is 6.34. The first-order valence-electron chi connectivity index (χ1n) is 11.8. The van der Waals surface area contributed by atoms with Gasteiger partial charge in [-0.1, -0.05) is 66.7 Å². The van der Waals surface area contributed by atoms with Crippen molar-refractivity contribution in [2.24, 2.45) is 7.05 Å². The van der Waals surface area contributed by atoms with E-state index in [0.717, 1.165) is 28.1 Å². The summed E-state index contributed by atoms with van der Waals surface area (Å²) in [5.41, 5.74) is 6.60. The van der Waals surface area contributed by atoms with E-state index in [2.05, 4.69) is 46.3 Å². The highest BCUT2D eigenvalue weighted by Gasteiger charge is 2.33. The van der Waals surface area contributed by atoms with Gasteiger partial charge in [-0.3, -0.25) is 4.31 Å². The van der Waals surface area contributed by atoms with Crippen molar-refractivity contribution < 1.29 is 8.42 Å². The molecule has 0 unspecified atom stereocenters. The maximum Gasteiger partial charge on any atom is 0.232 e. The number of hydrogen-bond acceptors (Lipinski definition) is 4. The quantitative estimate of drug-likeness (QED) is 0.519. The highest BCUT2D eigenvalue weighted by Crippen LogP contribution is 2.36. The Balaban J connectivity index is 1.58. The Morgan fingerprint density at radius 3 is 2.34 bits per heavy atom. The first-order chi connectivity index (χ1) is 16.9. The van der Waals surface area contributed by atoms with Gasteiger partial charge in [-0.25, -0.2) is 13.4 Å². The molecule has 0 N–H and O–H groups in total. The molecule has 1 aliphatic heterocycles. The van der Waals surface area contributed by atoms with Gasteiger partial charge in [-0.05, 0) is 34.8 Å². The van der Waals surface area contributed by atoms with E-state index in [1.807, 2.05) is 60.4 Å². The third kappa shape index (κ3) is 5.10. The number of fused-ring (bicyclic) bond motifs is 1. The normalized spacial score (nSPS) is 18.3. The van der Waals surface area contributed by atoms with Crippen molar-refractivity contribution in [3.8, 4) is 0 Å². The summed E-state index contributed by atoms with van der Waals surface area (Å²) >= 11 is 0. The number of aryl methyl sites for hydroxylation is 1. The van der Waals surface area contributed by atoms with Crippen molar-refractivity contribution >= 4 is 15.6 Å². The molecule has 5 rings (SSSR count). The largest absolute Gasteiger partial charge is 0.363 e. The average Bonchev–Trinajstić information content (AvgIpc) is 3.18. The summed E-state index contributed by atoms with van der Waals surface area (Å²) < 4.78 is 29.7. The lowest BCUT2D eigenvalue weighted by Gasteiger charge is -2.33. The van der Waals surface area contributed by atoms with E-state index in [-0.39, 0.29) is 6.04 Å². The van der Waals surface area contributed by atoms with Gasteiger partial charge in [-0.2, -0.15) is 0 Å². The second kappa shape index (κ2) is 9.58. The van der Waals surface area contributed by atoms with Crippen molar-refractivity contribution in [1.29, 1.82) is 0 Å². The van der Waals surface area contributed by atoms with Gasteiger partial charge in [0.1, 0.15) is 0 Å². The third-order valence-electron chi connectivity index (χ3n) is 6.68. The molecule has 0 amide bonds. The standard InChI is InChI=1S/C28H30N4O2S/c1-30-21-29-17-27(30)20-31-19-26(15-22-9-5-3-6-10-22)32(35(2,33)34)18-25-16-24(13-14-28(25)31)23-11-7-4-8-12-23/h3-14,17-18,21,26H,15-16,19-20H2,1-2H3/t26-/m1/s1. The zero-order valence-electron chi connectivity index (χ0n) is 20.1. The van der Waals surface area contributed by atoms with Crippen molar-refractivity contribution in [3.05, 3.63) is 120 Å². The monoisotopic (exact) mass is 486 g/mol. The van der Waals surface area contributed by atoms with Gasteiger partial charge < -0.3 is 9.47 Å². The number of nitrogens with zero attached hydrogens (tertiary/aromatic N) is 4. The number of benzene rings is 2. The van der Waals surface area contributed by atoms with Gasteiger partial charge in [-0.15, -0.1) is 0 Å². The van der Waals surface area contributed by atoms with Crippen LogP contribution in [0.5, 0.6) is 0 Å². The number of allylic oxidation sites excluding steroid dienone is 4. The molecule has 1 aliphatic carbocycles. The zero-order chi connectivity index (χ0) is 24.4. The predicted octanol–water partition coefficient (Wildman–Crippen LogP) is 4.36. The maximum atomic E-state index is 13.1. The number of aromatic nitrogens is 2. The smallest absolute Gasteiger partial charge is 0.232 e. The molecule has 1 atom stereocenters. The highest BCUT2D eigenvalue weighted by molar-refractivity contribution is 7.88. The highest BCUT2D eigenvalue weighted by atomic mass is 32.2. The summed E-state index contributed by atoms with van der Waals surface area (Å²) in [5.74, 6) is 0. The second-order valence-electron chi connectivity index (χ2n) is 9.25. The van der Waals surface area contributed by atoms with Gasteiger partial charge in [0.2, 0.25) is 10.0 Å². The minimum atomic E-state index is -3.48. The minimum Gasteiger partial charge on any atom is -0.363 e. The molecule has 35 heavy (non-hydrogen) atoms. The van der Waals surface area contributed by atoms with E-state index in [1.54, 1.807) is 10.6 Å². The van der Waals surface area contributed by atoms with Crippen LogP contribution in [0.1, 0.15) is 23.2 Å². The first-order valence-corrected chi connectivity index (χ1v) is 13.6. The molecule has 180 valence electrons. The lowest BCUT2D eigenvalue weighted by Crippen LogP contribution is -2.43. The number of hydrogen-bond donors (Lipinski definition) is 0. The summed E-state index contributed by atoms with van der Waals surface area (Å²) in [6.45, 7) is 1.23. The van der Waals surface area contributed by atoms with Crippen molar-refractivity contribution in [2.75, 3.05) is 12.8 Å². The van der Waals surface area contributed by atoms with E-state index < -0.39 is 10.0 Å². The van der Waals surface area contributed by atoms with Crippen molar-refractivity contribution in [2.45, 2.75) is 25.4 Å². The molecular formula is C28H30N4O2S. The molecule has 2 aliphatic rings. The molecule has 2 aromatic carbocycles. The molecule has 0 saturated heterocycles. The van der Waals surface area contributed by atoms with E-state index in [9.17, 15) is 8.42 Å². The second-order valence-corrected chi connectivity index (χ2v) is 11.1. The van der Waals surface area contributed by atoms with Crippen LogP contribution >= 0.6 is 0 Å². The fourth-order valence-corrected chi connectivity index (χ4v) is 5.90. The molecule has 3 aromatic rings. The summed E-state index contributed by atoms with van der Waals surface area (Å²) in [6, 6.07) is 20.1. The summed E-state index contributed by atoms with van der Waals surface area (Å²) in [5, 5.41) is 0. The lowest BCUT2D eigenvalue weighted by molar-refractivity contribution is 0.267. The van der Waals surface area contributed by atoms with Crippen LogP contribution in [0, 0.1) is 0 Å². The maximum absolute atomic E-state index is 13.1. The molecule has 2 heterocycles. The minimum absolute atomic E-state index is 0.236. The Labute approximate surface area is 207 Å². The van der Waals surface area contributed by atoms with Crippen LogP contribution in [-0.2, 0) is 30.0 Å². The summed E-state index contributed by atoms with van der Waals surface area (Å²) in [4.78, 5) is 6.60. The van der Waals surface area contributed by atoms with Crippen molar-refractivity contribution in [1.82, 2.24) is 18.8 Å². The zero-order valence-corrected chi connectivity index (χ0v) is 20.9. The molecule has 1 aromatic heterocycles. The predicted molar refractivity (Wildman–Crippen MR) is 139 cm³/mol. The number of rotatable bonds is 6. The fourth-order valence-electron chi connectivity index (χ4n) is 4.89. The van der Waals surface area contributed by atoms with E-state index in [0.29, 0.717) is 25.9 Å². The Bertz CT molecular complexity index is 1390. The van der Waals surface area contributed by atoms with Crippen LogP contribution in [-0.4, -0.2) is 46.0 Å².